The molecule has 0 bridgehead atoms. The third-order valence-corrected chi connectivity index (χ3v) is 3.50. The minimum atomic E-state index is 0.322. The van der Waals surface area contributed by atoms with Crippen LogP contribution in [0.5, 0.6) is 5.75 Å². The van der Waals surface area contributed by atoms with Crippen molar-refractivity contribution in [3.05, 3.63) is 36.7 Å². The molecule has 18 heavy (non-hydrogen) atoms. The van der Waals surface area contributed by atoms with Gasteiger partial charge in [0.1, 0.15) is 11.9 Å². The standard InChI is InChI=1S/C15H18N2O/c1-17-8-2-3-15(11-17)18-14-5-4-13-10-16-7-6-12(13)9-14/h4-7,9-10,15H,2-3,8,11H2,1H3. The Labute approximate surface area is 107 Å². The van der Waals surface area contributed by atoms with Gasteiger partial charge in [0.25, 0.3) is 0 Å². The summed E-state index contributed by atoms with van der Waals surface area (Å²) in [6.07, 6.45) is 6.40. The molecule has 1 aliphatic heterocycles. The van der Waals surface area contributed by atoms with Gasteiger partial charge >= 0.3 is 0 Å². The van der Waals surface area contributed by atoms with Crippen LogP contribution < -0.4 is 4.74 Å². The minimum absolute atomic E-state index is 0.322. The Bertz CT molecular complexity index is 541. The van der Waals surface area contributed by atoms with E-state index in [1.54, 1.807) is 0 Å². The summed E-state index contributed by atoms with van der Waals surface area (Å²) in [6.45, 7) is 2.21. The van der Waals surface area contributed by atoms with Crippen molar-refractivity contribution in [1.82, 2.24) is 9.88 Å². The van der Waals surface area contributed by atoms with Crippen LogP contribution in [0.15, 0.2) is 36.7 Å². The Hall–Kier alpha value is -1.61. The average Bonchev–Trinajstić information content (AvgIpc) is 2.39. The second-order valence-corrected chi connectivity index (χ2v) is 5.03. The van der Waals surface area contributed by atoms with Gasteiger partial charge in [0.2, 0.25) is 0 Å². The minimum Gasteiger partial charge on any atom is -0.489 e. The summed E-state index contributed by atoms with van der Waals surface area (Å²) in [6, 6.07) is 8.24. The second-order valence-electron chi connectivity index (χ2n) is 5.03. The van der Waals surface area contributed by atoms with Gasteiger partial charge in [0, 0.05) is 24.3 Å². The molecular formula is C15H18N2O. The summed E-state index contributed by atoms with van der Waals surface area (Å²) in [5.74, 6) is 0.967. The predicted octanol–water partition coefficient (Wildman–Crippen LogP) is 2.71. The predicted molar refractivity (Wildman–Crippen MR) is 72.9 cm³/mol. The fourth-order valence-electron chi connectivity index (χ4n) is 2.54. The van der Waals surface area contributed by atoms with Crippen molar-refractivity contribution in [2.24, 2.45) is 0 Å². The van der Waals surface area contributed by atoms with Crippen LogP contribution in [0.4, 0.5) is 0 Å². The third kappa shape index (κ3) is 2.46. The number of fused-ring (bicyclic) bond motifs is 1. The molecule has 0 saturated carbocycles. The maximum absolute atomic E-state index is 6.07. The lowest BCUT2D eigenvalue weighted by Crippen LogP contribution is -2.38. The van der Waals surface area contributed by atoms with Crippen molar-refractivity contribution in [2.45, 2.75) is 18.9 Å². The number of rotatable bonds is 2. The summed E-state index contributed by atoms with van der Waals surface area (Å²) in [4.78, 5) is 6.45. The van der Waals surface area contributed by atoms with Crippen molar-refractivity contribution in [1.29, 1.82) is 0 Å². The SMILES string of the molecule is CN1CCCC(Oc2ccc3cnccc3c2)C1. The van der Waals surface area contributed by atoms with Crippen LogP contribution in [-0.2, 0) is 0 Å². The van der Waals surface area contributed by atoms with Gasteiger partial charge in [-0.15, -0.1) is 0 Å². The maximum Gasteiger partial charge on any atom is 0.120 e. The first kappa shape index (κ1) is 11.5. The fraction of sp³-hybridized carbons (Fsp3) is 0.400. The summed E-state index contributed by atoms with van der Waals surface area (Å²) >= 11 is 0. The Morgan fingerprint density at radius 2 is 2.22 bits per heavy atom. The normalized spacial score (nSPS) is 21.1. The Morgan fingerprint density at radius 1 is 1.28 bits per heavy atom. The van der Waals surface area contributed by atoms with Crippen molar-refractivity contribution < 1.29 is 4.74 Å². The summed E-state index contributed by atoms with van der Waals surface area (Å²) < 4.78 is 6.07. The zero-order valence-corrected chi connectivity index (χ0v) is 10.7. The quantitative estimate of drug-likeness (QED) is 0.809. The number of pyridine rings is 1. The number of likely N-dealkylation sites (N-methyl/N-ethyl adjacent to an activating group) is 1. The van der Waals surface area contributed by atoms with E-state index < -0.39 is 0 Å². The highest BCUT2D eigenvalue weighted by Crippen LogP contribution is 2.22. The first-order chi connectivity index (χ1) is 8.81. The lowest BCUT2D eigenvalue weighted by molar-refractivity contribution is 0.104. The third-order valence-electron chi connectivity index (χ3n) is 3.50. The zero-order chi connectivity index (χ0) is 12.4. The molecule has 3 heteroatoms. The molecule has 1 atom stereocenters. The Morgan fingerprint density at radius 3 is 3.11 bits per heavy atom. The lowest BCUT2D eigenvalue weighted by Gasteiger charge is -2.30. The highest BCUT2D eigenvalue weighted by Gasteiger charge is 2.18. The monoisotopic (exact) mass is 242 g/mol. The van der Waals surface area contributed by atoms with Gasteiger partial charge in [-0.2, -0.15) is 0 Å². The highest BCUT2D eigenvalue weighted by molar-refractivity contribution is 5.82. The summed E-state index contributed by atoms with van der Waals surface area (Å²) in [7, 11) is 2.15. The molecule has 94 valence electrons. The smallest absolute Gasteiger partial charge is 0.120 e. The molecule has 3 rings (SSSR count). The molecule has 0 aliphatic carbocycles. The number of benzene rings is 1. The Balaban J connectivity index is 1.78. The molecule has 0 N–H and O–H groups in total. The van der Waals surface area contributed by atoms with Gasteiger partial charge in [-0.1, -0.05) is 0 Å². The van der Waals surface area contributed by atoms with Crippen LogP contribution >= 0.6 is 0 Å². The molecule has 2 aromatic rings. The number of likely N-dealkylation sites (tertiary alicyclic amines) is 1. The molecule has 0 amide bonds. The first-order valence-electron chi connectivity index (χ1n) is 6.50. The fourth-order valence-corrected chi connectivity index (χ4v) is 2.54. The van der Waals surface area contributed by atoms with E-state index >= 15 is 0 Å². The van der Waals surface area contributed by atoms with Gasteiger partial charge in [-0.3, -0.25) is 4.98 Å². The Kier molecular flexibility index (Phi) is 3.15. The number of hydrogen-bond donors (Lipinski definition) is 0. The van der Waals surface area contributed by atoms with E-state index in [1.165, 1.54) is 18.4 Å². The van der Waals surface area contributed by atoms with Crippen LogP contribution in [0, 0.1) is 0 Å². The van der Waals surface area contributed by atoms with Gasteiger partial charge in [0.15, 0.2) is 0 Å². The number of hydrogen-bond acceptors (Lipinski definition) is 3. The number of piperidine rings is 1. The topological polar surface area (TPSA) is 25.4 Å². The molecule has 1 saturated heterocycles. The molecule has 1 unspecified atom stereocenters. The molecule has 2 heterocycles. The van der Waals surface area contributed by atoms with Crippen LogP contribution in [0.2, 0.25) is 0 Å². The van der Waals surface area contributed by atoms with Gasteiger partial charge in [-0.25, -0.2) is 0 Å². The van der Waals surface area contributed by atoms with Crippen molar-refractivity contribution in [2.75, 3.05) is 20.1 Å². The lowest BCUT2D eigenvalue weighted by atomic mass is 10.1. The van der Waals surface area contributed by atoms with E-state index in [0.717, 1.165) is 24.1 Å². The van der Waals surface area contributed by atoms with E-state index in [-0.39, 0.29) is 0 Å². The van der Waals surface area contributed by atoms with E-state index in [0.29, 0.717) is 6.10 Å². The molecule has 0 radical (unpaired) electrons. The first-order valence-corrected chi connectivity index (χ1v) is 6.50. The van der Waals surface area contributed by atoms with E-state index in [2.05, 4.69) is 29.1 Å². The van der Waals surface area contributed by atoms with E-state index in [9.17, 15) is 0 Å². The zero-order valence-electron chi connectivity index (χ0n) is 10.7. The average molecular weight is 242 g/mol. The molecular weight excluding hydrogens is 224 g/mol. The maximum atomic E-state index is 6.07. The van der Waals surface area contributed by atoms with Crippen molar-refractivity contribution >= 4 is 10.8 Å². The molecule has 0 spiro atoms. The molecule has 3 nitrogen and oxygen atoms in total. The van der Waals surface area contributed by atoms with E-state index in [4.69, 9.17) is 4.74 Å². The van der Waals surface area contributed by atoms with Gasteiger partial charge in [-0.05, 0) is 56.1 Å². The number of aromatic nitrogens is 1. The molecule has 1 aromatic carbocycles. The second kappa shape index (κ2) is 4.94. The number of nitrogens with zero attached hydrogens (tertiary/aromatic N) is 2. The van der Waals surface area contributed by atoms with Gasteiger partial charge < -0.3 is 9.64 Å². The van der Waals surface area contributed by atoms with Crippen LogP contribution in [0.1, 0.15) is 12.8 Å². The summed E-state index contributed by atoms with van der Waals surface area (Å²) in [5, 5.41) is 2.34. The van der Waals surface area contributed by atoms with Crippen LogP contribution in [-0.4, -0.2) is 36.1 Å². The van der Waals surface area contributed by atoms with Gasteiger partial charge in [0.05, 0.1) is 0 Å². The molecule has 1 aliphatic rings. The largest absolute Gasteiger partial charge is 0.489 e. The number of ether oxygens (including phenoxy) is 1. The van der Waals surface area contributed by atoms with Crippen LogP contribution in [0.3, 0.4) is 0 Å². The summed E-state index contributed by atoms with van der Waals surface area (Å²) in [5.41, 5.74) is 0. The molecule has 1 aromatic heterocycles. The van der Waals surface area contributed by atoms with Crippen molar-refractivity contribution in [3.63, 3.8) is 0 Å². The van der Waals surface area contributed by atoms with Crippen molar-refractivity contribution in [3.8, 4) is 5.75 Å². The van der Waals surface area contributed by atoms with Crippen LogP contribution in [0.25, 0.3) is 10.8 Å². The molecule has 1 fully saturated rings. The van der Waals surface area contributed by atoms with E-state index in [1.807, 2.05) is 24.5 Å². The highest BCUT2D eigenvalue weighted by atomic mass is 16.5.